The van der Waals surface area contributed by atoms with Crippen LogP contribution in [0.15, 0.2) is 12.5 Å². The van der Waals surface area contributed by atoms with Crippen LogP contribution in [0.4, 0.5) is 0 Å². The Balaban J connectivity index is 3.11. The summed E-state index contributed by atoms with van der Waals surface area (Å²) in [5.74, 6) is -20.9. The standard InChI is InChI=1S/C53H86N16O23/c1-23(2)40(51(89)62-30(53(91)92)11-13-38(76)77)68-42(80)25(5)59-46(84)29(10-12-37(74)75)61-36(73)18-57-45(83)32(16-39(78)79)64-49(87)34(20-71)66-50(88)35(21-72)67-52(90)41(24(3)4)69-43(81)26(6)60-47(85)31(15-27-17-56-22-58-27)63-48(86)33(19-70)65-44(82)28(55)9-7-8-14-54/h17,22-26,28-35,40-41,70-72H,7-16,18-21,54-55H2,1-6H3,(H,56,58)(H,57,83)(H,59,84)(H,60,85)(H,61,73)(H,62,89)(H,63,86)(H,64,87)(H,65,82)(H,66,88)(H,67,90)(H,68,80)(H,69,81)(H,74,75)(H,76,77)(H,78,79)(H,91,92)/t25-,26-,28-,29-,30-,31-,32-,33-,34-,35-,40-,41-/m0/s1. The van der Waals surface area contributed by atoms with Gasteiger partial charge in [-0.25, -0.2) is 9.78 Å². The number of rotatable bonds is 44. The number of nitrogens with one attached hydrogen (secondary N) is 13. The van der Waals surface area contributed by atoms with Crippen molar-refractivity contribution in [2.75, 3.05) is 32.9 Å². The number of carbonyl (C=O) groups is 16. The lowest BCUT2D eigenvalue weighted by Crippen LogP contribution is -2.62. The number of imidazole rings is 1. The summed E-state index contributed by atoms with van der Waals surface area (Å²) in [7, 11) is 0. The van der Waals surface area contributed by atoms with Crippen molar-refractivity contribution in [2.24, 2.45) is 23.3 Å². The third kappa shape index (κ3) is 29.4. The number of aromatic nitrogens is 2. The van der Waals surface area contributed by atoms with Crippen LogP contribution in [0.1, 0.15) is 98.6 Å². The average Bonchev–Trinajstić information content (AvgIpc) is 1.08. The molecule has 0 radical (unpaired) electrons. The quantitative estimate of drug-likeness (QED) is 0.0270. The Bertz CT molecular complexity index is 2730. The smallest absolute Gasteiger partial charge is 0.326 e. The van der Waals surface area contributed by atoms with Crippen molar-refractivity contribution in [3.63, 3.8) is 0 Å². The predicted octanol–water partition coefficient (Wildman–Crippen LogP) is -9.52. The highest BCUT2D eigenvalue weighted by Crippen LogP contribution is 2.09. The van der Waals surface area contributed by atoms with Crippen molar-refractivity contribution in [1.29, 1.82) is 0 Å². The van der Waals surface area contributed by atoms with Crippen LogP contribution in [0, 0.1) is 11.8 Å². The Labute approximate surface area is 526 Å². The zero-order valence-corrected chi connectivity index (χ0v) is 51.4. The molecule has 1 heterocycles. The lowest BCUT2D eigenvalue weighted by Gasteiger charge is -2.27. The number of carbonyl (C=O) groups excluding carboxylic acids is 12. The number of hydrogen-bond acceptors (Lipinski definition) is 22. The number of amides is 12. The molecule has 1 aromatic rings. The van der Waals surface area contributed by atoms with E-state index in [-0.39, 0.29) is 12.8 Å². The normalized spacial score (nSPS) is 15.0. The van der Waals surface area contributed by atoms with Gasteiger partial charge in [0.25, 0.3) is 0 Å². The van der Waals surface area contributed by atoms with Crippen molar-refractivity contribution in [2.45, 2.75) is 172 Å². The number of H-pyrrole nitrogens is 1. The Morgan fingerprint density at radius 2 is 0.870 bits per heavy atom. The van der Waals surface area contributed by atoms with Gasteiger partial charge in [0.1, 0.15) is 66.5 Å². The van der Waals surface area contributed by atoms with Crippen LogP contribution in [-0.2, 0) is 83.1 Å². The van der Waals surface area contributed by atoms with Gasteiger partial charge in [-0.15, -0.1) is 0 Å². The van der Waals surface area contributed by atoms with E-state index in [1.807, 2.05) is 16.0 Å². The first-order chi connectivity index (χ1) is 43.1. The Morgan fingerprint density at radius 3 is 1.28 bits per heavy atom. The first kappa shape index (κ1) is 80.5. The van der Waals surface area contributed by atoms with E-state index in [1.165, 1.54) is 47.1 Å². The largest absolute Gasteiger partial charge is 0.481 e. The molecule has 0 spiro atoms. The molecule has 0 aliphatic rings. The van der Waals surface area contributed by atoms with Gasteiger partial charge in [0.15, 0.2) is 0 Å². The molecule has 1 aromatic heterocycles. The number of nitrogens with zero attached hydrogens (tertiary/aromatic N) is 1. The highest BCUT2D eigenvalue weighted by atomic mass is 16.4. The third-order valence-corrected chi connectivity index (χ3v) is 13.4. The van der Waals surface area contributed by atoms with E-state index in [4.69, 9.17) is 16.6 Å². The summed E-state index contributed by atoms with van der Waals surface area (Å²) in [6, 6.07) is -19.4. The zero-order valence-electron chi connectivity index (χ0n) is 51.4. The fraction of sp³-hybridized carbons (Fsp3) is 0.642. The molecule has 0 bridgehead atoms. The Morgan fingerprint density at radius 1 is 0.457 bits per heavy atom. The van der Waals surface area contributed by atoms with Crippen molar-refractivity contribution in [3.05, 3.63) is 18.2 Å². The second-order valence-electron chi connectivity index (χ2n) is 21.6. The summed E-state index contributed by atoms with van der Waals surface area (Å²) in [5, 5.41) is 94.0. The monoisotopic (exact) mass is 1310 g/mol. The minimum Gasteiger partial charge on any atom is -0.481 e. The molecule has 12 atom stereocenters. The number of carboxylic acids is 4. The number of carboxylic acid groups (broad SMARTS) is 4. The van der Waals surface area contributed by atoms with Gasteiger partial charge < -0.3 is 116 Å². The number of nitrogens with two attached hydrogens (primary N) is 2. The van der Waals surface area contributed by atoms with Crippen LogP contribution < -0.4 is 75.3 Å². The van der Waals surface area contributed by atoms with Crippen molar-refractivity contribution in [1.82, 2.24) is 73.8 Å². The van der Waals surface area contributed by atoms with Gasteiger partial charge in [-0.1, -0.05) is 34.1 Å². The van der Waals surface area contributed by atoms with E-state index in [0.717, 1.165) is 6.92 Å². The molecule has 39 nitrogen and oxygen atoms in total. The lowest BCUT2D eigenvalue weighted by molar-refractivity contribution is -0.144. The minimum absolute atomic E-state index is 0.228. The number of unbranched alkanes of at least 4 members (excludes halogenated alkanes) is 1. The maximum absolute atomic E-state index is 13.7. The van der Waals surface area contributed by atoms with Crippen LogP contribution >= 0.6 is 0 Å². The maximum Gasteiger partial charge on any atom is 0.326 e. The summed E-state index contributed by atoms with van der Waals surface area (Å²) in [5.41, 5.74) is 11.7. The first-order valence-electron chi connectivity index (χ1n) is 28.9. The van der Waals surface area contributed by atoms with Crippen LogP contribution in [0.5, 0.6) is 0 Å². The van der Waals surface area contributed by atoms with E-state index in [2.05, 4.69) is 57.8 Å². The topological polar surface area (TPSA) is 640 Å². The van der Waals surface area contributed by atoms with Crippen LogP contribution in [0.3, 0.4) is 0 Å². The third-order valence-electron chi connectivity index (χ3n) is 13.4. The zero-order chi connectivity index (χ0) is 70.1. The Hall–Kier alpha value is -9.47. The second-order valence-corrected chi connectivity index (χ2v) is 21.6. The molecule has 0 aliphatic carbocycles. The van der Waals surface area contributed by atoms with Gasteiger partial charge in [0.05, 0.1) is 45.2 Å². The highest BCUT2D eigenvalue weighted by molar-refractivity contribution is 6.00. The van der Waals surface area contributed by atoms with E-state index in [0.29, 0.717) is 25.1 Å². The number of hydrogen-bond donors (Lipinski definition) is 22. The SMILES string of the molecule is CC(C)[C@H](NC(=O)[C@H](C)NC(=O)[C@H](CCC(=O)O)NC(=O)CNC(=O)[C@H](CC(=O)O)NC(=O)[C@H](CO)NC(=O)[C@H](CO)NC(=O)[C@@H](NC(=O)[C@H](C)NC(=O)[C@H](Cc1cnc[nH]1)NC(=O)[C@H](CO)NC(=O)[C@@H](N)CCCCN)C(C)C)C(=O)N[C@@H](CCC(=O)O)C(=O)O. The summed E-state index contributed by atoms with van der Waals surface area (Å²) in [6.07, 6.45) is 0.0280. The number of aliphatic carboxylic acids is 4. The molecule has 12 amide bonds. The van der Waals surface area contributed by atoms with Gasteiger partial charge in [-0.05, 0) is 57.9 Å². The molecule has 24 N–H and O–H groups in total. The molecule has 0 aliphatic heterocycles. The fourth-order valence-corrected chi connectivity index (χ4v) is 8.03. The van der Waals surface area contributed by atoms with Crippen LogP contribution in [-0.4, -0.2) is 246 Å². The van der Waals surface area contributed by atoms with Crippen LogP contribution in [0.2, 0.25) is 0 Å². The molecule has 516 valence electrons. The van der Waals surface area contributed by atoms with Gasteiger partial charge >= 0.3 is 23.9 Å². The van der Waals surface area contributed by atoms with Gasteiger partial charge in [0, 0.05) is 31.2 Å². The summed E-state index contributed by atoms with van der Waals surface area (Å²) in [4.78, 5) is 212. The van der Waals surface area contributed by atoms with Crippen molar-refractivity contribution in [3.8, 4) is 0 Å². The lowest BCUT2D eigenvalue weighted by atomic mass is 10.0. The number of aromatic amines is 1. The van der Waals surface area contributed by atoms with Gasteiger partial charge in [-0.3, -0.25) is 71.9 Å². The van der Waals surface area contributed by atoms with E-state index in [9.17, 15) is 107 Å². The molecule has 0 unspecified atom stereocenters. The van der Waals surface area contributed by atoms with Crippen molar-refractivity contribution < 1.29 is 112 Å². The molecular weight excluding hydrogens is 1230 g/mol. The summed E-state index contributed by atoms with van der Waals surface area (Å²) < 4.78 is 0. The fourth-order valence-electron chi connectivity index (χ4n) is 8.03. The highest BCUT2D eigenvalue weighted by Gasteiger charge is 2.37. The van der Waals surface area contributed by atoms with Gasteiger partial charge in [-0.2, -0.15) is 0 Å². The van der Waals surface area contributed by atoms with E-state index in [1.54, 1.807) is 0 Å². The molecule has 1 rings (SSSR count). The molecule has 0 aromatic carbocycles. The molecule has 0 saturated carbocycles. The summed E-state index contributed by atoms with van der Waals surface area (Å²) >= 11 is 0. The minimum atomic E-state index is -2.07. The maximum atomic E-state index is 13.7. The number of aliphatic hydroxyl groups excluding tert-OH is 3. The first-order valence-corrected chi connectivity index (χ1v) is 28.9. The molecule has 0 fully saturated rings. The van der Waals surface area contributed by atoms with Crippen molar-refractivity contribution >= 4 is 94.8 Å². The summed E-state index contributed by atoms with van der Waals surface area (Å²) in [6.45, 7) is 4.16. The van der Waals surface area contributed by atoms with Gasteiger partial charge in [0.2, 0.25) is 70.9 Å². The molecule has 0 saturated heterocycles. The van der Waals surface area contributed by atoms with E-state index < -0.39 is 238 Å². The number of aliphatic hydroxyl groups is 3. The predicted molar refractivity (Wildman–Crippen MR) is 313 cm³/mol. The molecular formula is C53H86N16O23. The average molecular weight is 1320 g/mol. The molecule has 92 heavy (non-hydrogen) atoms. The second kappa shape index (κ2) is 41.0. The molecule has 39 heteroatoms. The van der Waals surface area contributed by atoms with Crippen LogP contribution in [0.25, 0.3) is 0 Å². The Kier molecular flexibility index (Phi) is 35.9. The van der Waals surface area contributed by atoms with E-state index >= 15 is 0 Å².